The predicted molar refractivity (Wildman–Crippen MR) is 98.1 cm³/mol. The third kappa shape index (κ3) is 5.17. The second-order valence-electron chi connectivity index (χ2n) is 4.61. The number of rotatable bonds is 6. The summed E-state index contributed by atoms with van der Waals surface area (Å²) in [5, 5.41) is 6.47. The summed E-state index contributed by atoms with van der Waals surface area (Å²) in [4.78, 5) is 0.187. The Morgan fingerprint density at radius 3 is 2.13 bits per heavy atom. The molecule has 0 saturated carbocycles. The van der Waals surface area contributed by atoms with E-state index < -0.39 is 10.0 Å². The Labute approximate surface area is 141 Å². The van der Waals surface area contributed by atoms with E-state index in [0.717, 1.165) is 5.69 Å². The highest BCUT2D eigenvalue weighted by Crippen LogP contribution is 2.14. The lowest BCUT2D eigenvalue weighted by Gasteiger charge is -2.11. The van der Waals surface area contributed by atoms with E-state index in [1.807, 2.05) is 30.3 Å². The van der Waals surface area contributed by atoms with Crippen LogP contribution in [0.4, 0.5) is 11.4 Å². The fourth-order valence-corrected chi connectivity index (χ4v) is 3.02. The van der Waals surface area contributed by atoms with Gasteiger partial charge in [0.15, 0.2) is 5.11 Å². The molecule has 3 N–H and O–H groups in total. The van der Waals surface area contributed by atoms with Crippen molar-refractivity contribution in [2.24, 2.45) is 0 Å². The molecular formula is C16H17N3O2S2. The number of para-hydroxylation sites is 1. The first-order valence-electron chi connectivity index (χ1n) is 6.85. The van der Waals surface area contributed by atoms with Crippen molar-refractivity contribution in [3.8, 4) is 0 Å². The van der Waals surface area contributed by atoms with Gasteiger partial charge in [-0.1, -0.05) is 24.3 Å². The Hall–Kier alpha value is -2.22. The van der Waals surface area contributed by atoms with Gasteiger partial charge in [0.1, 0.15) is 0 Å². The fourth-order valence-electron chi connectivity index (χ4n) is 1.78. The maximum atomic E-state index is 11.9. The third-order valence-corrected chi connectivity index (χ3v) is 4.52. The monoisotopic (exact) mass is 347 g/mol. The first-order valence-corrected chi connectivity index (χ1v) is 8.74. The third-order valence-electron chi connectivity index (χ3n) is 2.87. The number of hydrogen-bond donors (Lipinski definition) is 3. The second kappa shape index (κ2) is 7.87. The molecule has 7 heteroatoms. The molecular weight excluding hydrogens is 330 g/mol. The van der Waals surface area contributed by atoms with Crippen molar-refractivity contribution >= 4 is 38.7 Å². The highest BCUT2D eigenvalue weighted by molar-refractivity contribution is 7.89. The van der Waals surface area contributed by atoms with Crippen LogP contribution in [0.1, 0.15) is 0 Å². The van der Waals surface area contributed by atoms with Gasteiger partial charge in [0, 0.05) is 17.9 Å². The summed E-state index contributed by atoms with van der Waals surface area (Å²) in [7, 11) is -3.51. The molecule has 0 atom stereocenters. The fraction of sp³-hybridized carbons (Fsp3) is 0.0625. The van der Waals surface area contributed by atoms with Crippen LogP contribution in [0.25, 0.3) is 0 Å². The number of hydrogen-bond acceptors (Lipinski definition) is 3. The van der Waals surface area contributed by atoms with Crippen LogP contribution in [0.3, 0.4) is 0 Å². The van der Waals surface area contributed by atoms with Crippen LogP contribution in [0.2, 0.25) is 0 Å². The Morgan fingerprint density at radius 2 is 1.57 bits per heavy atom. The Kier molecular flexibility index (Phi) is 5.86. The van der Waals surface area contributed by atoms with Crippen molar-refractivity contribution in [3.63, 3.8) is 0 Å². The minimum absolute atomic E-state index is 0.187. The number of thiocarbonyl (C=S) groups is 1. The molecule has 0 aliphatic carbocycles. The molecule has 0 spiro atoms. The van der Waals surface area contributed by atoms with Crippen molar-refractivity contribution < 1.29 is 8.42 Å². The summed E-state index contributed by atoms with van der Waals surface area (Å²) in [5.74, 6) is 0. The van der Waals surface area contributed by atoms with Crippen LogP contribution in [-0.2, 0) is 10.0 Å². The van der Waals surface area contributed by atoms with E-state index in [9.17, 15) is 8.42 Å². The molecule has 2 aromatic carbocycles. The average Bonchev–Trinajstić information content (AvgIpc) is 2.54. The molecule has 5 nitrogen and oxygen atoms in total. The van der Waals surface area contributed by atoms with Crippen LogP contribution in [-0.4, -0.2) is 20.1 Å². The highest BCUT2D eigenvalue weighted by atomic mass is 32.2. The minimum Gasteiger partial charge on any atom is -0.332 e. The average molecular weight is 347 g/mol. The van der Waals surface area contributed by atoms with Crippen molar-refractivity contribution in [2.75, 3.05) is 17.2 Å². The van der Waals surface area contributed by atoms with E-state index in [1.54, 1.807) is 12.1 Å². The molecule has 0 radical (unpaired) electrons. The molecule has 0 unspecified atom stereocenters. The van der Waals surface area contributed by atoms with Gasteiger partial charge in [0.05, 0.1) is 4.90 Å². The van der Waals surface area contributed by atoms with E-state index in [2.05, 4.69) is 21.9 Å². The van der Waals surface area contributed by atoms with E-state index in [1.165, 1.54) is 18.2 Å². The molecule has 0 saturated heterocycles. The predicted octanol–water partition coefficient (Wildman–Crippen LogP) is 2.96. The zero-order valence-electron chi connectivity index (χ0n) is 12.3. The molecule has 0 aliphatic heterocycles. The van der Waals surface area contributed by atoms with E-state index in [0.29, 0.717) is 10.8 Å². The lowest BCUT2D eigenvalue weighted by Crippen LogP contribution is -2.23. The number of nitrogens with one attached hydrogen (secondary N) is 3. The highest BCUT2D eigenvalue weighted by Gasteiger charge is 2.12. The van der Waals surface area contributed by atoms with Crippen LogP contribution >= 0.6 is 12.2 Å². The van der Waals surface area contributed by atoms with Gasteiger partial charge >= 0.3 is 0 Å². The summed E-state index contributed by atoms with van der Waals surface area (Å²) >= 11 is 5.22. The molecule has 0 amide bonds. The van der Waals surface area contributed by atoms with Crippen LogP contribution in [0.15, 0.2) is 72.1 Å². The number of benzene rings is 2. The van der Waals surface area contributed by atoms with E-state index >= 15 is 0 Å². The van der Waals surface area contributed by atoms with Crippen molar-refractivity contribution in [1.82, 2.24) is 4.72 Å². The zero-order valence-corrected chi connectivity index (χ0v) is 14.0. The molecule has 2 aromatic rings. The molecule has 120 valence electrons. The van der Waals surface area contributed by atoms with Gasteiger partial charge in [-0.3, -0.25) is 0 Å². The Bertz CT molecular complexity index is 773. The van der Waals surface area contributed by atoms with Gasteiger partial charge in [-0.2, -0.15) is 0 Å². The Morgan fingerprint density at radius 1 is 1.00 bits per heavy atom. The number of anilines is 2. The molecule has 0 fully saturated rings. The lowest BCUT2D eigenvalue weighted by atomic mass is 10.3. The summed E-state index contributed by atoms with van der Waals surface area (Å²) in [6.45, 7) is 3.67. The topological polar surface area (TPSA) is 70.2 Å². The molecule has 0 aromatic heterocycles. The van der Waals surface area contributed by atoms with Gasteiger partial charge in [0.2, 0.25) is 10.0 Å². The smallest absolute Gasteiger partial charge is 0.240 e. The first kappa shape index (κ1) is 17.1. The SMILES string of the molecule is C=CCNS(=O)(=O)c1ccc(NC(=S)Nc2ccccc2)cc1. The largest absolute Gasteiger partial charge is 0.332 e. The maximum absolute atomic E-state index is 11.9. The second-order valence-corrected chi connectivity index (χ2v) is 6.79. The molecule has 0 heterocycles. The first-order chi connectivity index (χ1) is 11.0. The molecule has 0 aliphatic rings. The van der Waals surface area contributed by atoms with E-state index in [-0.39, 0.29) is 11.4 Å². The van der Waals surface area contributed by atoms with Crippen molar-refractivity contribution in [1.29, 1.82) is 0 Å². The van der Waals surface area contributed by atoms with Crippen molar-refractivity contribution in [3.05, 3.63) is 67.3 Å². The molecule has 0 bridgehead atoms. The summed E-state index contributed by atoms with van der Waals surface area (Å²) in [6, 6.07) is 15.9. The minimum atomic E-state index is -3.51. The van der Waals surface area contributed by atoms with Gasteiger partial charge in [0.25, 0.3) is 0 Å². The summed E-state index contributed by atoms with van der Waals surface area (Å²) in [5.41, 5.74) is 1.57. The number of sulfonamides is 1. The Balaban J connectivity index is 2.00. The maximum Gasteiger partial charge on any atom is 0.240 e. The summed E-state index contributed by atoms with van der Waals surface area (Å²) < 4.78 is 26.3. The van der Waals surface area contributed by atoms with Crippen LogP contribution in [0.5, 0.6) is 0 Å². The van der Waals surface area contributed by atoms with Gasteiger partial charge < -0.3 is 10.6 Å². The lowest BCUT2D eigenvalue weighted by molar-refractivity contribution is 0.585. The van der Waals surface area contributed by atoms with Crippen LogP contribution in [0, 0.1) is 0 Å². The normalized spacial score (nSPS) is 10.8. The van der Waals surface area contributed by atoms with Gasteiger partial charge in [-0.15, -0.1) is 6.58 Å². The van der Waals surface area contributed by atoms with Gasteiger partial charge in [-0.05, 0) is 48.6 Å². The summed E-state index contributed by atoms with van der Waals surface area (Å²) in [6.07, 6.45) is 1.49. The van der Waals surface area contributed by atoms with Gasteiger partial charge in [-0.25, -0.2) is 13.1 Å². The van der Waals surface area contributed by atoms with E-state index in [4.69, 9.17) is 12.2 Å². The standard InChI is InChI=1S/C16H17N3O2S2/c1-2-12-17-23(20,21)15-10-8-14(9-11-15)19-16(22)18-13-6-4-3-5-7-13/h2-11,17H,1,12H2,(H2,18,19,22). The van der Waals surface area contributed by atoms with Crippen LogP contribution < -0.4 is 15.4 Å². The molecule has 2 rings (SSSR count). The zero-order chi connectivity index (χ0) is 16.7. The van der Waals surface area contributed by atoms with Crippen molar-refractivity contribution in [2.45, 2.75) is 4.90 Å². The molecule has 23 heavy (non-hydrogen) atoms. The quantitative estimate of drug-likeness (QED) is 0.554.